The Balaban J connectivity index is 1.21. The first-order chi connectivity index (χ1) is 23.8. The largest absolute Gasteiger partial charge is 0.0622 e. The maximum absolute atomic E-state index is 2.34. The predicted octanol–water partition coefficient (Wildman–Crippen LogP) is 13.5. The van der Waals surface area contributed by atoms with Gasteiger partial charge >= 0.3 is 0 Å². The van der Waals surface area contributed by atoms with Crippen LogP contribution < -0.4 is 0 Å². The third-order valence-electron chi connectivity index (χ3n) is 9.62. The minimum atomic E-state index is 1.20. The Bertz CT molecular complexity index is 2460. The molecule has 0 aliphatic carbocycles. The summed E-state index contributed by atoms with van der Waals surface area (Å²) in [5.74, 6) is 0. The molecule has 0 radical (unpaired) electrons. The van der Waals surface area contributed by atoms with Gasteiger partial charge in [-0.25, -0.2) is 0 Å². The van der Waals surface area contributed by atoms with E-state index in [1.807, 2.05) is 0 Å². The van der Waals surface area contributed by atoms with Crippen LogP contribution in [-0.4, -0.2) is 0 Å². The maximum Gasteiger partial charge on any atom is -0.00262 e. The zero-order valence-electron chi connectivity index (χ0n) is 26.5. The van der Waals surface area contributed by atoms with E-state index in [9.17, 15) is 0 Å². The van der Waals surface area contributed by atoms with Gasteiger partial charge < -0.3 is 0 Å². The van der Waals surface area contributed by atoms with E-state index in [-0.39, 0.29) is 0 Å². The molecule has 0 heterocycles. The molecular weight excluding hydrogens is 577 g/mol. The van der Waals surface area contributed by atoms with Gasteiger partial charge in [0.2, 0.25) is 0 Å². The van der Waals surface area contributed by atoms with Crippen molar-refractivity contribution in [1.29, 1.82) is 0 Å². The van der Waals surface area contributed by atoms with E-state index in [1.54, 1.807) is 0 Å². The van der Waals surface area contributed by atoms with Gasteiger partial charge in [-0.1, -0.05) is 170 Å². The summed E-state index contributed by atoms with van der Waals surface area (Å²) in [5, 5.41) is 7.60. The van der Waals surface area contributed by atoms with Gasteiger partial charge in [-0.3, -0.25) is 0 Å². The first kappa shape index (κ1) is 28.0. The molecule has 0 saturated carbocycles. The highest BCUT2D eigenvalue weighted by atomic mass is 14.2. The Kier molecular flexibility index (Phi) is 6.91. The molecule has 0 bridgehead atoms. The second-order valence-corrected chi connectivity index (χ2v) is 12.5. The monoisotopic (exact) mass is 608 g/mol. The average molecular weight is 609 g/mol. The third kappa shape index (κ3) is 4.96. The predicted molar refractivity (Wildman–Crippen MR) is 206 cm³/mol. The first-order valence-corrected chi connectivity index (χ1v) is 16.6. The van der Waals surface area contributed by atoms with E-state index in [4.69, 9.17) is 0 Å². The zero-order valence-corrected chi connectivity index (χ0v) is 26.5. The van der Waals surface area contributed by atoms with Crippen molar-refractivity contribution in [3.8, 4) is 55.6 Å². The Morgan fingerprint density at radius 2 is 0.542 bits per heavy atom. The van der Waals surface area contributed by atoms with Crippen LogP contribution in [0.15, 0.2) is 194 Å². The second-order valence-electron chi connectivity index (χ2n) is 12.5. The van der Waals surface area contributed by atoms with Crippen molar-refractivity contribution in [2.75, 3.05) is 0 Å². The van der Waals surface area contributed by atoms with Crippen molar-refractivity contribution in [2.24, 2.45) is 0 Å². The number of hydrogen-bond acceptors (Lipinski definition) is 0. The summed E-state index contributed by atoms with van der Waals surface area (Å²) < 4.78 is 0. The lowest BCUT2D eigenvalue weighted by molar-refractivity contribution is 1.56. The van der Waals surface area contributed by atoms with Crippen LogP contribution in [0, 0.1) is 0 Å². The minimum Gasteiger partial charge on any atom is -0.0622 e. The molecule has 0 nitrogen and oxygen atoms in total. The van der Waals surface area contributed by atoms with Gasteiger partial charge in [0.1, 0.15) is 0 Å². The van der Waals surface area contributed by atoms with Crippen LogP contribution in [0.25, 0.3) is 88.0 Å². The Morgan fingerprint density at radius 3 is 1.04 bits per heavy atom. The fourth-order valence-electron chi connectivity index (χ4n) is 7.31. The molecule has 0 atom stereocenters. The standard InChI is InChI=1S/C48H32/c1-3-13-33(14-4-1)40-30-41(34-15-5-2-6-16-34)32-42(31-40)36-23-26-37(27-24-36)47-43-19-9-11-21-45(43)48(46-22-12-10-20-44(46)47)39-28-25-35-17-7-8-18-38(35)29-39/h1-32H. The molecule has 48 heavy (non-hydrogen) atoms. The summed E-state index contributed by atoms with van der Waals surface area (Å²) in [6.45, 7) is 0. The number of rotatable bonds is 5. The topological polar surface area (TPSA) is 0 Å². The van der Waals surface area contributed by atoms with Crippen molar-refractivity contribution in [3.05, 3.63) is 194 Å². The van der Waals surface area contributed by atoms with Crippen LogP contribution in [-0.2, 0) is 0 Å². The highest BCUT2D eigenvalue weighted by Gasteiger charge is 2.17. The third-order valence-corrected chi connectivity index (χ3v) is 9.62. The van der Waals surface area contributed by atoms with E-state index in [0.29, 0.717) is 0 Å². The number of hydrogen-bond donors (Lipinski definition) is 0. The van der Waals surface area contributed by atoms with Crippen molar-refractivity contribution in [2.45, 2.75) is 0 Å². The first-order valence-electron chi connectivity index (χ1n) is 16.6. The van der Waals surface area contributed by atoms with Gasteiger partial charge in [0.25, 0.3) is 0 Å². The summed E-state index contributed by atoms with van der Waals surface area (Å²) in [4.78, 5) is 0. The second kappa shape index (κ2) is 11.8. The van der Waals surface area contributed by atoms with Crippen molar-refractivity contribution < 1.29 is 0 Å². The average Bonchev–Trinajstić information content (AvgIpc) is 3.17. The highest BCUT2D eigenvalue weighted by molar-refractivity contribution is 6.21. The molecule has 0 amide bonds. The molecule has 0 spiro atoms. The van der Waals surface area contributed by atoms with Crippen molar-refractivity contribution in [1.82, 2.24) is 0 Å². The smallest absolute Gasteiger partial charge is 0.00262 e. The molecule has 224 valence electrons. The lowest BCUT2D eigenvalue weighted by Crippen LogP contribution is -1.91. The molecule has 0 saturated heterocycles. The molecule has 0 aliphatic heterocycles. The molecule has 0 heteroatoms. The number of benzene rings is 9. The van der Waals surface area contributed by atoms with Crippen LogP contribution in [0.5, 0.6) is 0 Å². The van der Waals surface area contributed by atoms with E-state index < -0.39 is 0 Å². The van der Waals surface area contributed by atoms with E-state index >= 15 is 0 Å². The molecule has 9 rings (SSSR count). The lowest BCUT2D eigenvalue weighted by Gasteiger charge is -2.18. The van der Waals surface area contributed by atoms with Gasteiger partial charge in [-0.15, -0.1) is 0 Å². The molecule has 0 aromatic heterocycles. The Morgan fingerprint density at radius 1 is 0.188 bits per heavy atom. The summed E-state index contributed by atoms with van der Waals surface area (Å²) in [6, 6.07) is 70.7. The van der Waals surface area contributed by atoms with Gasteiger partial charge in [0, 0.05) is 0 Å². The Hall–Kier alpha value is -6.24. The lowest BCUT2D eigenvalue weighted by atomic mass is 9.85. The van der Waals surface area contributed by atoms with E-state index in [2.05, 4.69) is 194 Å². The van der Waals surface area contributed by atoms with Gasteiger partial charge in [-0.05, 0) is 112 Å². The van der Waals surface area contributed by atoms with Crippen LogP contribution in [0.3, 0.4) is 0 Å². The fourth-order valence-corrected chi connectivity index (χ4v) is 7.31. The van der Waals surface area contributed by atoms with E-state index in [1.165, 1.54) is 88.0 Å². The fraction of sp³-hybridized carbons (Fsp3) is 0. The zero-order chi connectivity index (χ0) is 31.9. The van der Waals surface area contributed by atoms with Gasteiger partial charge in [0.05, 0.1) is 0 Å². The summed E-state index contributed by atoms with van der Waals surface area (Å²) >= 11 is 0. The number of fused-ring (bicyclic) bond motifs is 3. The van der Waals surface area contributed by atoms with Crippen molar-refractivity contribution in [3.63, 3.8) is 0 Å². The maximum atomic E-state index is 2.34. The summed E-state index contributed by atoms with van der Waals surface area (Å²) in [6.07, 6.45) is 0. The van der Waals surface area contributed by atoms with Gasteiger partial charge in [-0.2, -0.15) is 0 Å². The summed E-state index contributed by atoms with van der Waals surface area (Å²) in [7, 11) is 0. The molecule has 9 aromatic rings. The molecule has 0 aliphatic rings. The van der Waals surface area contributed by atoms with Crippen LogP contribution in [0.1, 0.15) is 0 Å². The molecule has 0 unspecified atom stereocenters. The Labute approximate surface area is 281 Å². The SMILES string of the molecule is c1ccc(-c2cc(-c3ccccc3)cc(-c3ccc(-c4c5ccccc5c(-c5ccc6ccccc6c5)c5ccccc45)cc3)c2)cc1. The quantitative estimate of drug-likeness (QED) is 0.171. The van der Waals surface area contributed by atoms with Crippen LogP contribution in [0.2, 0.25) is 0 Å². The molecule has 0 fully saturated rings. The van der Waals surface area contributed by atoms with Crippen molar-refractivity contribution >= 4 is 32.3 Å². The highest BCUT2D eigenvalue weighted by Crippen LogP contribution is 2.44. The summed E-state index contributed by atoms with van der Waals surface area (Å²) in [5.41, 5.74) is 12.3. The molecular formula is C48H32. The normalized spacial score (nSPS) is 11.3. The van der Waals surface area contributed by atoms with Crippen LogP contribution >= 0.6 is 0 Å². The van der Waals surface area contributed by atoms with E-state index in [0.717, 1.165) is 0 Å². The van der Waals surface area contributed by atoms with Crippen LogP contribution in [0.4, 0.5) is 0 Å². The van der Waals surface area contributed by atoms with Gasteiger partial charge in [0.15, 0.2) is 0 Å². The minimum absolute atomic E-state index is 1.20. The molecule has 0 N–H and O–H groups in total. The molecule has 9 aromatic carbocycles.